The van der Waals surface area contributed by atoms with E-state index in [9.17, 15) is 0 Å². The molecule has 0 amide bonds. The van der Waals surface area contributed by atoms with E-state index in [0.29, 0.717) is 13.0 Å². The average molecular weight is 146 g/mol. The molecule has 2 N–H and O–H groups in total. The first-order valence-electron chi connectivity index (χ1n) is 3.40. The molecule has 0 aromatic carbocycles. The molecule has 2 rings (SSSR count). The highest BCUT2D eigenvalue weighted by atomic mass is 16.7. The van der Waals surface area contributed by atoms with Crippen molar-refractivity contribution in [3.05, 3.63) is 0 Å². The van der Waals surface area contributed by atoms with E-state index in [2.05, 4.69) is 0 Å². The summed E-state index contributed by atoms with van der Waals surface area (Å²) in [7, 11) is 0. The molecule has 0 saturated carbocycles. The van der Waals surface area contributed by atoms with Crippen LogP contribution in [0.25, 0.3) is 0 Å². The summed E-state index contributed by atoms with van der Waals surface area (Å²) in [5, 5.41) is 18.2. The third kappa shape index (κ3) is 0.845. The minimum absolute atomic E-state index is 0.0107. The van der Waals surface area contributed by atoms with Gasteiger partial charge in [-0.3, -0.25) is 0 Å². The van der Waals surface area contributed by atoms with Gasteiger partial charge in [-0.2, -0.15) is 0 Å². The highest BCUT2D eigenvalue weighted by molar-refractivity contribution is 4.86. The molecule has 2 unspecified atom stereocenters. The first-order valence-corrected chi connectivity index (χ1v) is 3.40. The highest BCUT2D eigenvalue weighted by Crippen LogP contribution is 2.27. The SMILES string of the molecule is OC1[C@H](O)OC2CO[C@@H]1C2. The second-order valence-electron chi connectivity index (χ2n) is 2.75. The maximum atomic E-state index is 9.16. The van der Waals surface area contributed by atoms with Crippen molar-refractivity contribution in [3.8, 4) is 0 Å². The van der Waals surface area contributed by atoms with Crippen molar-refractivity contribution in [3.63, 3.8) is 0 Å². The number of hydrogen-bond acceptors (Lipinski definition) is 4. The summed E-state index contributed by atoms with van der Waals surface area (Å²) >= 11 is 0. The number of rotatable bonds is 0. The normalized spacial score (nSPS) is 53.4. The van der Waals surface area contributed by atoms with E-state index in [1.807, 2.05) is 0 Å². The molecule has 4 nitrogen and oxygen atoms in total. The number of fused-ring (bicyclic) bond motifs is 2. The van der Waals surface area contributed by atoms with Crippen molar-refractivity contribution in [1.29, 1.82) is 0 Å². The van der Waals surface area contributed by atoms with Crippen molar-refractivity contribution in [2.45, 2.75) is 31.0 Å². The minimum Gasteiger partial charge on any atom is -0.385 e. The van der Waals surface area contributed by atoms with Gasteiger partial charge in [-0.1, -0.05) is 0 Å². The third-order valence-corrected chi connectivity index (χ3v) is 2.00. The van der Waals surface area contributed by atoms with Crippen LogP contribution in [0.5, 0.6) is 0 Å². The molecule has 4 heteroatoms. The smallest absolute Gasteiger partial charge is 0.183 e. The van der Waals surface area contributed by atoms with E-state index in [0.717, 1.165) is 0 Å². The molecule has 0 aromatic heterocycles. The van der Waals surface area contributed by atoms with Crippen molar-refractivity contribution in [2.75, 3.05) is 6.61 Å². The zero-order valence-corrected chi connectivity index (χ0v) is 5.43. The van der Waals surface area contributed by atoms with Crippen LogP contribution in [0.15, 0.2) is 0 Å². The number of ether oxygens (including phenoxy) is 2. The molecule has 0 aliphatic carbocycles. The predicted molar refractivity (Wildman–Crippen MR) is 31.2 cm³/mol. The fourth-order valence-corrected chi connectivity index (χ4v) is 1.42. The summed E-state index contributed by atoms with van der Waals surface area (Å²) in [6.07, 6.45) is -1.43. The number of hydrogen-bond donors (Lipinski definition) is 2. The van der Waals surface area contributed by atoms with E-state index >= 15 is 0 Å². The Bertz CT molecular complexity index is 138. The van der Waals surface area contributed by atoms with Crippen LogP contribution in [0.4, 0.5) is 0 Å². The van der Waals surface area contributed by atoms with Crippen molar-refractivity contribution < 1.29 is 19.7 Å². The fraction of sp³-hybridized carbons (Fsp3) is 1.00. The summed E-state index contributed by atoms with van der Waals surface area (Å²) in [5.74, 6) is 0. The lowest BCUT2D eigenvalue weighted by Gasteiger charge is -2.27. The Morgan fingerprint density at radius 2 is 2.10 bits per heavy atom. The largest absolute Gasteiger partial charge is 0.385 e. The Kier molecular flexibility index (Phi) is 1.42. The van der Waals surface area contributed by atoms with Gasteiger partial charge in [0, 0.05) is 6.42 Å². The van der Waals surface area contributed by atoms with Crippen LogP contribution in [0.3, 0.4) is 0 Å². The maximum Gasteiger partial charge on any atom is 0.183 e. The van der Waals surface area contributed by atoms with Crippen LogP contribution in [0.1, 0.15) is 6.42 Å². The number of aliphatic hydroxyl groups excluding tert-OH is 2. The lowest BCUT2D eigenvalue weighted by atomic mass is 10.1. The Labute approximate surface area is 58.4 Å². The van der Waals surface area contributed by atoms with Crippen LogP contribution in [0.2, 0.25) is 0 Å². The van der Waals surface area contributed by atoms with Gasteiger partial charge in [0.15, 0.2) is 6.29 Å². The summed E-state index contributed by atoms with van der Waals surface area (Å²) in [5.41, 5.74) is 0. The van der Waals surface area contributed by atoms with Gasteiger partial charge < -0.3 is 19.7 Å². The zero-order valence-electron chi connectivity index (χ0n) is 5.43. The Hall–Kier alpha value is -0.160. The average Bonchev–Trinajstić information content (AvgIpc) is 2.29. The molecule has 2 heterocycles. The molecule has 2 bridgehead atoms. The molecule has 0 spiro atoms. The molecule has 0 radical (unpaired) electrons. The lowest BCUT2D eigenvalue weighted by Crippen LogP contribution is -2.43. The molecule has 10 heavy (non-hydrogen) atoms. The standard InChI is InChI=1S/C6H10O4/c7-5-4-1-3(2-9-4)10-6(5)8/h3-8H,1-2H2/t3?,4-,5?,6-/m1/s1. The predicted octanol–water partition coefficient (Wildman–Crippen LogP) is -1.15. The minimum atomic E-state index is -1.05. The molecule has 2 fully saturated rings. The first-order chi connectivity index (χ1) is 4.77. The van der Waals surface area contributed by atoms with Gasteiger partial charge in [0.2, 0.25) is 0 Å². The van der Waals surface area contributed by atoms with Gasteiger partial charge in [-0.25, -0.2) is 0 Å². The molecule has 2 aliphatic heterocycles. The maximum absolute atomic E-state index is 9.16. The van der Waals surface area contributed by atoms with Crippen molar-refractivity contribution in [2.24, 2.45) is 0 Å². The van der Waals surface area contributed by atoms with Gasteiger partial charge in [0.25, 0.3) is 0 Å². The Morgan fingerprint density at radius 3 is 2.90 bits per heavy atom. The van der Waals surface area contributed by atoms with Gasteiger partial charge in [-0.15, -0.1) is 0 Å². The zero-order chi connectivity index (χ0) is 7.14. The van der Waals surface area contributed by atoms with Gasteiger partial charge in [0.05, 0.1) is 18.8 Å². The van der Waals surface area contributed by atoms with Gasteiger partial charge >= 0.3 is 0 Å². The van der Waals surface area contributed by atoms with Crippen molar-refractivity contribution >= 4 is 0 Å². The van der Waals surface area contributed by atoms with Crippen LogP contribution < -0.4 is 0 Å². The van der Waals surface area contributed by atoms with Crippen LogP contribution in [-0.2, 0) is 9.47 Å². The number of aliphatic hydroxyl groups is 2. The van der Waals surface area contributed by atoms with Crippen LogP contribution in [0, 0.1) is 0 Å². The van der Waals surface area contributed by atoms with Gasteiger partial charge in [-0.05, 0) is 0 Å². The molecule has 2 saturated heterocycles. The van der Waals surface area contributed by atoms with E-state index in [-0.39, 0.29) is 12.2 Å². The first kappa shape index (κ1) is 6.54. The summed E-state index contributed by atoms with van der Waals surface area (Å²) < 4.78 is 10.1. The third-order valence-electron chi connectivity index (χ3n) is 2.00. The van der Waals surface area contributed by atoms with Crippen LogP contribution in [-0.4, -0.2) is 41.4 Å². The highest BCUT2D eigenvalue weighted by Gasteiger charge is 2.42. The van der Waals surface area contributed by atoms with E-state index in [1.165, 1.54) is 0 Å². The van der Waals surface area contributed by atoms with E-state index in [1.54, 1.807) is 0 Å². The molecule has 4 atom stereocenters. The fourth-order valence-electron chi connectivity index (χ4n) is 1.42. The monoisotopic (exact) mass is 146 g/mol. The second-order valence-corrected chi connectivity index (χ2v) is 2.75. The molecular formula is C6H10O4. The Morgan fingerprint density at radius 1 is 1.30 bits per heavy atom. The quantitative estimate of drug-likeness (QED) is 0.453. The molecule has 2 aliphatic rings. The summed E-state index contributed by atoms with van der Waals surface area (Å²) in [4.78, 5) is 0. The topological polar surface area (TPSA) is 58.9 Å². The lowest BCUT2D eigenvalue weighted by molar-refractivity contribution is -0.211. The van der Waals surface area contributed by atoms with Crippen LogP contribution >= 0.6 is 0 Å². The summed E-state index contributed by atoms with van der Waals surface area (Å²) in [6.45, 7) is 0.499. The summed E-state index contributed by atoms with van der Waals surface area (Å²) in [6, 6.07) is 0. The van der Waals surface area contributed by atoms with Crippen molar-refractivity contribution in [1.82, 2.24) is 0 Å². The second kappa shape index (κ2) is 2.17. The Balaban J connectivity index is 2.09. The van der Waals surface area contributed by atoms with E-state index < -0.39 is 12.4 Å². The molecule has 58 valence electrons. The van der Waals surface area contributed by atoms with E-state index in [4.69, 9.17) is 19.7 Å². The molecule has 0 aromatic rings. The van der Waals surface area contributed by atoms with Gasteiger partial charge in [0.1, 0.15) is 6.10 Å². The molecular weight excluding hydrogens is 136 g/mol.